The van der Waals surface area contributed by atoms with Gasteiger partial charge in [0.25, 0.3) is 0 Å². The van der Waals surface area contributed by atoms with Gasteiger partial charge in [-0.2, -0.15) is 4.31 Å². The van der Waals surface area contributed by atoms with Crippen LogP contribution in [0.1, 0.15) is 19.8 Å². The summed E-state index contributed by atoms with van der Waals surface area (Å²) in [6.07, 6.45) is 2.54. The van der Waals surface area contributed by atoms with E-state index in [1.54, 1.807) is 0 Å². The molecule has 0 unspecified atom stereocenters. The average Bonchev–Trinajstić information content (AvgIpc) is 2.47. The first kappa shape index (κ1) is 16.8. The average molecular weight is 325 g/mol. The zero-order valence-corrected chi connectivity index (χ0v) is 13.9. The van der Waals surface area contributed by atoms with Crippen LogP contribution in [-0.2, 0) is 14.8 Å². The molecule has 0 atom stereocenters. The molecule has 0 aromatic heterocycles. The molecule has 1 saturated heterocycles. The third kappa shape index (κ3) is 4.20. The van der Waals surface area contributed by atoms with E-state index in [1.165, 1.54) is 10.6 Å². The second kappa shape index (κ2) is 7.11. The number of para-hydroxylation sites is 2. The molecule has 0 spiro atoms. The third-order valence-corrected chi connectivity index (χ3v) is 5.01. The number of sulfonamides is 1. The predicted octanol–water partition coefficient (Wildman–Crippen LogP) is 1.51. The predicted molar refractivity (Wildman–Crippen MR) is 88.6 cm³/mol. The number of rotatable bonds is 5. The molecule has 1 fully saturated rings. The molecule has 1 heterocycles. The van der Waals surface area contributed by atoms with E-state index in [0.29, 0.717) is 32.6 Å². The lowest BCUT2D eigenvalue weighted by Crippen LogP contribution is -2.48. The summed E-state index contributed by atoms with van der Waals surface area (Å²) in [4.78, 5) is 13.9. The summed E-state index contributed by atoms with van der Waals surface area (Å²) in [5, 5.41) is 2.94. The second-order valence-electron chi connectivity index (χ2n) is 5.46. The highest BCUT2D eigenvalue weighted by Gasteiger charge is 2.24. The van der Waals surface area contributed by atoms with Crippen LogP contribution < -0.4 is 10.2 Å². The van der Waals surface area contributed by atoms with Gasteiger partial charge in [-0.1, -0.05) is 19.1 Å². The fraction of sp³-hybridized carbons (Fsp3) is 0.533. The van der Waals surface area contributed by atoms with Crippen LogP contribution in [-0.4, -0.2) is 51.1 Å². The van der Waals surface area contributed by atoms with Crippen molar-refractivity contribution in [3.8, 4) is 0 Å². The van der Waals surface area contributed by atoms with Gasteiger partial charge in [-0.05, 0) is 18.6 Å². The first-order valence-corrected chi connectivity index (χ1v) is 9.35. The summed E-state index contributed by atoms with van der Waals surface area (Å²) >= 11 is 0. The Morgan fingerprint density at radius 1 is 1.18 bits per heavy atom. The first-order chi connectivity index (χ1) is 10.4. The van der Waals surface area contributed by atoms with Crippen molar-refractivity contribution in [1.82, 2.24) is 4.31 Å². The standard InChI is InChI=1S/C15H23N3O3S/c1-3-6-15(19)16-13-7-4-5-8-14(13)17-9-11-18(12-10-17)22(2,20)21/h4-5,7-8H,3,6,9-12H2,1-2H3,(H,16,19). The van der Waals surface area contributed by atoms with Gasteiger partial charge < -0.3 is 10.2 Å². The summed E-state index contributed by atoms with van der Waals surface area (Å²) in [6.45, 7) is 4.14. The number of hydrogen-bond donors (Lipinski definition) is 1. The van der Waals surface area contributed by atoms with Crippen molar-refractivity contribution < 1.29 is 13.2 Å². The number of hydrogen-bond acceptors (Lipinski definition) is 4. The number of nitrogens with zero attached hydrogens (tertiary/aromatic N) is 2. The zero-order valence-electron chi connectivity index (χ0n) is 13.1. The van der Waals surface area contributed by atoms with E-state index in [9.17, 15) is 13.2 Å². The largest absolute Gasteiger partial charge is 0.367 e. The second-order valence-corrected chi connectivity index (χ2v) is 7.45. The van der Waals surface area contributed by atoms with Crippen LogP contribution in [0.5, 0.6) is 0 Å². The van der Waals surface area contributed by atoms with E-state index < -0.39 is 10.0 Å². The molecule has 0 radical (unpaired) electrons. The lowest BCUT2D eigenvalue weighted by molar-refractivity contribution is -0.116. The molecule has 1 amide bonds. The van der Waals surface area contributed by atoms with Crippen molar-refractivity contribution in [3.05, 3.63) is 24.3 Å². The molecule has 2 rings (SSSR count). The molecular formula is C15H23N3O3S. The first-order valence-electron chi connectivity index (χ1n) is 7.50. The maximum atomic E-state index is 11.8. The number of carbonyl (C=O) groups is 1. The Kier molecular flexibility index (Phi) is 5.42. The van der Waals surface area contributed by atoms with E-state index in [-0.39, 0.29) is 5.91 Å². The highest BCUT2D eigenvalue weighted by Crippen LogP contribution is 2.27. The van der Waals surface area contributed by atoms with Gasteiger partial charge >= 0.3 is 0 Å². The summed E-state index contributed by atoms with van der Waals surface area (Å²) in [5.41, 5.74) is 1.73. The lowest BCUT2D eigenvalue weighted by Gasteiger charge is -2.35. The van der Waals surface area contributed by atoms with E-state index >= 15 is 0 Å². The number of piperazine rings is 1. The Balaban J connectivity index is 2.09. The van der Waals surface area contributed by atoms with Crippen LogP contribution in [0.4, 0.5) is 11.4 Å². The molecule has 0 saturated carbocycles. The molecular weight excluding hydrogens is 302 g/mol. The molecule has 22 heavy (non-hydrogen) atoms. The highest BCUT2D eigenvalue weighted by atomic mass is 32.2. The topological polar surface area (TPSA) is 69.7 Å². The summed E-state index contributed by atoms with van der Waals surface area (Å²) in [5.74, 6) is 0.00437. The number of nitrogens with one attached hydrogen (secondary N) is 1. The van der Waals surface area contributed by atoms with Gasteiger partial charge in [-0.25, -0.2) is 8.42 Å². The third-order valence-electron chi connectivity index (χ3n) is 3.70. The maximum Gasteiger partial charge on any atom is 0.224 e. The minimum atomic E-state index is -3.13. The van der Waals surface area contributed by atoms with E-state index in [1.807, 2.05) is 31.2 Å². The summed E-state index contributed by atoms with van der Waals surface area (Å²) < 4.78 is 24.6. The fourth-order valence-corrected chi connectivity index (χ4v) is 3.38. The Labute approximate surface area is 132 Å². The molecule has 1 aliphatic heterocycles. The van der Waals surface area contributed by atoms with Crippen molar-refractivity contribution >= 4 is 27.3 Å². The van der Waals surface area contributed by atoms with Gasteiger partial charge in [-0.3, -0.25) is 4.79 Å². The lowest BCUT2D eigenvalue weighted by atomic mass is 10.2. The van der Waals surface area contributed by atoms with E-state index in [0.717, 1.165) is 17.8 Å². The van der Waals surface area contributed by atoms with Gasteiger partial charge in [0, 0.05) is 32.6 Å². The summed E-state index contributed by atoms with van der Waals surface area (Å²) in [7, 11) is -3.13. The molecule has 1 aromatic carbocycles. The van der Waals surface area contributed by atoms with Gasteiger partial charge in [-0.15, -0.1) is 0 Å². The minimum absolute atomic E-state index is 0.00437. The van der Waals surface area contributed by atoms with Crippen molar-refractivity contribution in [2.24, 2.45) is 0 Å². The van der Waals surface area contributed by atoms with Crippen molar-refractivity contribution in [3.63, 3.8) is 0 Å². The maximum absolute atomic E-state index is 11.8. The normalized spacial score (nSPS) is 16.5. The van der Waals surface area contributed by atoms with Crippen LogP contribution >= 0.6 is 0 Å². The van der Waals surface area contributed by atoms with Gasteiger partial charge in [0.2, 0.25) is 15.9 Å². The van der Waals surface area contributed by atoms with Crippen LogP contribution in [0, 0.1) is 0 Å². The van der Waals surface area contributed by atoms with Crippen molar-refractivity contribution in [2.75, 3.05) is 42.7 Å². The Morgan fingerprint density at radius 3 is 2.41 bits per heavy atom. The fourth-order valence-electron chi connectivity index (χ4n) is 2.56. The number of amides is 1. The molecule has 122 valence electrons. The van der Waals surface area contributed by atoms with Gasteiger partial charge in [0.1, 0.15) is 0 Å². The van der Waals surface area contributed by atoms with Gasteiger partial charge in [0.15, 0.2) is 0 Å². The zero-order chi connectivity index (χ0) is 16.2. The molecule has 7 heteroatoms. The van der Waals surface area contributed by atoms with Crippen LogP contribution in [0.15, 0.2) is 24.3 Å². The van der Waals surface area contributed by atoms with E-state index in [4.69, 9.17) is 0 Å². The number of benzene rings is 1. The van der Waals surface area contributed by atoms with Crippen LogP contribution in [0.3, 0.4) is 0 Å². The van der Waals surface area contributed by atoms with Crippen LogP contribution in [0.25, 0.3) is 0 Å². The van der Waals surface area contributed by atoms with Crippen molar-refractivity contribution in [1.29, 1.82) is 0 Å². The molecule has 0 bridgehead atoms. The Morgan fingerprint density at radius 2 is 1.82 bits per heavy atom. The summed E-state index contributed by atoms with van der Waals surface area (Å²) in [6, 6.07) is 7.65. The Bertz CT molecular complexity index is 623. The van der Waals surface area contributed by atoms with Crippen molar-refractivity contribution in [2.45, 2.75) is 19.8 Å². The number of anilines is 2. The van der Waals surface area contributed by atoms with E-state index in [2.05, 4.69) is 10.2 Å². The molecule has 0 aliphatic carbocycles. The molecule has 1 aromatic rings. The molecule has 1 aliphatic rings. The highest BCUT2D eigenvalue weighted by molar-refractivity contribution is 7.88. The molecule has 1 N–H and O–H groups in total. The number of carbonyl (C=O) groups excluding carboxylic acids is 1. The minimum Gasteiger partial charge on any atom is -0.367 e. The van der Waals surface area contributed by atoms with Crippen LogP contribution in [0.2, 0.25) is 0 Å². The monoisotopic (exact) mass is 325 g/mol. The Hall–Kier alpha value is -1.60. The SMILES string of the molecule is CCCC(=O)Nc1ccccc1N1CCN(S(C)(=O)=O)CC1. The quantitative estimate of drug-likeness (QED) is 0.891. The smallest absolute Gasteiger partial charge is 0.224 e. The van der Waals surface area contributed by atoms with Gasteiger partial charge in [0.05, 0.1) is 17.6 Å². The molecule has 6 nitrogen and oxygen atoms in total.